The molecule has 26 heavy (non-hydrogen) atoms. The number of nitrogens with zero attached hydrogens (tertiary/aromatic N) is 1. The zero-order valence-electron chi connectivity index (χ0n) is 15.5. The van der Waals surface area contributed by atoms with Crippen LogP contribution in [0.25, 0.3) is 0 Å². The minimum absolute atomic E-state index is 0.578. The van der Waals surface area contributed by atoms with E-state index in [0.717, 1.165) is 36.1 Å². The number of rotatable bonds is 5. The fourth-order valence-corrected chi connectivity index (χ4v) is 3.35. The first-order valence-electron chi connectivity index (χ1n) is 9.30. The summed E-state index contributed by atoms with van der Waals surface area (Å²) in [5, 5.41) is 7.01. The number of nitrogens with one attached hydrogen (secondary N) is 2. The Balaban J connectivity index is 1.52. The Kier molecular flexibility index (Phi) is 6.34. The molecule has 0 radical (unpaired) electrons. The summed E-state index contributed by atoms with van der Waals surface area (Å²) < 4.78 is 5.45. The molecule has 0 spiro atoms. The van der Waals surface area contributed by atoms with Gasteiger partial charge < -0.3 is 20.3 Å². The normalized spacial score (nSPS) is 14.8. The Labute approximate surface area is 161 Å². The number of piperidine rings is 1. The van der Waals surface area contributed by atoms with Crippen molar-refractivity contribution >= 4 is 34.4 Å². The summed E-state index contributed by atoms with van der Waals surface area (Å²) in [6, 6.07) is 16.3. The smallest absolute Gasteiger partial charge is 0.175 e. The van der Waals surface area contributed by atoms with Gasteiger partial charge in [0.2, 0.25) is 0 Å². The molecule has 2 aromatic carbocycles. The number of thiocarbonyl (C=S) groups is 1. The minimum Gasteiger partial charge on any atom is -0.494 e. The van der Waals surface area contributed by atoms with Gasteiger partial charge in [0.1, 0.15) is 5.75 Å². The maximum atomic E-state index is 5.45. The highest BCUT2D eigenvalue weighted by Crippen LogP contribution is 2.24. The summed E-state index contributed by atoms with van der Waals surface area (Å²) in [7, 11) is 0. The highest BCUT2D eigenvalue weighted by Gasteiger charge is 2.15. The zero-order valence-corrected chi connectivity index (χ0v) is 16.3. The maximum Gasteiger partial charge on any atom is 0.175 e. The first kappa shape index (κ1) is 18.5. The number of hydrogen-bond donors (Lipinski definition) is 2. The highest BCUT2D eigenvalue weighted by atomic mass is 32.1. The molecule has 1 aliphatic heterocycles. The van der Waals surface area contributed by atoms with Crippen LogP contribution in [0.15, 0.2) is 48.5 Å². The van der Waals surface area contributed by atoms with Gasteiger partial charge in [-0.3, -0.25) is 0 Å². The van der Waals surface area contributed by atoms with E-state index in [1.165, 1.54) is 18.5 Å². The monoisotopic (exact) mass is 369 g/mol. The largest absolute Gasteiger partial charge is 0.494 e. The van der Waals surface area contributed by atoms with E-state index >= 15 is 0 Å². The quantitative estimate of drug-likeness (QED) is 0.715. The molecule has 1 aliphatic rings. The van der Waals surface area contributed by atoms with Gasteiger partial charge in [-0.05, 0) is 86.4 Å². The van der Waals surface area contributed by atoms with Crippen molar-refractivity contribution in [3.8, 4) is 5.75 Å². The lowest BCUT2D eigenvalue weighted by Crippen LogP contribution is -2.32. The average Bonchev–Trinajstić information content (AvgIpc) is 2.65. The Morgan fingerprint density at radius 1 is 1.00 bits per heavy atom. The van der Waals surface area contributed by atoms with Gasteiger partial charge in [0.25, 0.3) is 0 Å². The topological polar surface area (TPSA) is 36.5 Å². The zero-order chi connectivity index (χ0) is 18.4. The molecule has 0 unspecified atom stereocenters. The molecule has 0 saturated carbocycles. The van der Waals surface area contributed by atoms with Crippen LogP contribution in [-0.2, 0) is 0 Å². The average molecular weight is 370 g/mol. The molecule has 2 aromatic rings. The fraction of sp³-hybridized carbons (Fsp3) is 0.381. The van der Waals surface area contributed by atoms with Gasteiger partial charge in [-0.25, -0.2) is 0 Å². The van der Waals surface area contributed by atoms with Crippen molar-refractivity contribution in [2.45, 2.75) is 26.7 Å². The van der Waals surface area contributed by atoms with Crippen LogP contribution in [0, 0.1) is 5.92 Å². The van der Waals surface area contributed by atoms with Crippen molar-refractivity contribution in [1.82, 2.24) is 0 Å². The first-order valence-corrected chi connectivity index (χ1v) is 9.70. The van der Waals surface area contributed by atoms with Gasteiger partial charge in [0.05, 0.1) is 6.61 Å². The van der Waals surface area contributed by atoms with E-state index in [2.05, 4.69) is 46.7 Å². The molecule has 0 aromatic heterocycles. The summed E-state index contributed by atoms with van der Waals surface area (Å²) >= 11 is 5.41. The van der Waals surface area contributed by atoms with Crippen molar-refractivity contribution in [1.29, 1.82) is 0 Å². The van der Waals surface area contributed by atoms with Crippen molar-refractivity contribution in [3.05, 3.63) is 48.5 Å². The van der Waals surface area contributed by atoms with Crippen LogP contribution in [0.2, 0.25) is 0 Å². The molecular formula is C21H27N3OS. The van der Waals surface area contributed by atoms with Crippen LogP contribution < -0.4 is 20.3 Å². The number of benzene rings is 2. The third-order valence-corrected chi connectivity index (χ3v) is 4.90. The van der Waals surface area contributed by atoms with E-state index < -0.39 is 0 Å². The van der Waals surface area contributed by atoms with E-state index in [1.54, 1.807) is 0 Å². The van der Waals surface area contributed by atoms with Gasteiger partial charge in [-0.15, -0.1) is 0 Å². The molecule has 3 rings (SSSR count). The van der Waals surface area contributed by atoms with Crippen LogP contribution in [0.4, 0.5) is 17.1 Å². The Hall–Kier alpha value is -2.27. The molecule has 5 heteroatoms. The van der Waals surface area contributed by atoms with E-state index in [1.807, 2.05) is 31.2 Å². The molecule has 1 saturated heterocycles. The second-order valence-electron chi connectivity index (χ2n) is 6.75. The summed E-state index contributed by atoms with van der Waals surface area (Å²) in [6.07, 6.45) is 2.55. The third kappa shape index (κ3) is 5.11. The molecule has 138 valence electrons. The van der Waals surface area contributed by atoms with E-state index in [9.17, 15) is 0 Å². The van der Waals surface area contributed by atoms with Gasteiger partial charge in [0.15, 0.2) is 5.11 Å². The molecule has 0 amide bonds. The summed E-state index contributed by atoms with van der Waals surface area (Å²) in [5.74, 6) is 1.71. The van der Waals surface area contributed by atoms with E-state index in [0.29, 0.717) is 11.7 Å². The van der Waals surface area contributed by atoms with Gasteiger partial charge >= 0.3 is 0 Å². The lowest BCUT2D eigenvalue weighted by Gasteiger charge is -2.32. The van der Waals surface area contributed by atoms with Gasteiger partial charge in [-0.1, -0.05) is 6.92 Å². The van der Waals surface area contributed by atoms with Crippen molar-refractivity contribution in [2.75, 3.05) is 35.2 Å². The number of ether oxygens (including phenoxy) is 1. The fourth-order valence-electron chi connectivity index (χ4n) is 3.12. The second-order valence-corrected chi connectivity index (χ2v) is 7.16. The molecule has 0 bridgehead atoms. The van der Waals surface area contributed by atoms with E-state index in [-0.39, 0.29) is 0 Å². The molecule has 0 atom stereocenters. The molecular weight excluding hydrogens is 342 g/mol. The van der Waals surface area contributed by atoms with Crippen molar-refractivity contribution in [2.24, 2.45) is 5.92 Å². The first-order chi connectivity index (χ1) is 12.6. The van der Waals surface area contributed by atoms with Crippen molar-refractivity contribution in [3.63, 3.8) is 0 Å². The third-order valence-electron chi connectivity index (χ3n) is 4.70. The van der Waals surface area contributed by atoms with Crippen LogP contribution in [0.1, 0.15) is 26.7 Å². The van der Waals surface area contributed by atoms with Crippen LogP contribution in [-0.4, -0.2) is 24.8 Å². The minimum atomic E-state index is 0.578. The SMILES string of the molecule is CCOc1ccc(NC(=S)Nc2ccc(N3CCC(C)CC3)cc2)cc1. The highest BCUT2D eigenvalue weighted by molar-refractivity contribution is 7.80. The van der Waals surface area contributed by atoms with Crippen LogP contribution >= 0.6 is 12.2 Å². The summed E-state index contributed by atoms with van der Waals surface area (Å²) in [6.45, 7) is 7.27. The summed E-state index contributed by atoms with van der Waals surface area (Å²) in [4.78, 5) is 2.46. The van der Waals surface area contributed by atoms with Crippen molar-refractivity contribution < 1.29 is 4.74 Å². The van der Waals surface area contributed by atoms with Crippen LogP contribution in [0.3, 0.4) is 0 Å². The predicted molar refractivity (Wildman–Crippen MR) is 115 cm³/mol. The van der Waals surface area contributed by atoms with E-state index in [4.69, 9.17) is 17.0 Å². The molecule has 0 aliphatic carbocycles. The lowest BCUT2D eigenvalue weighted by atomic mass is 9.99. The molecule has 1 fully saturated rings. The standard InChI is InChI=1S/C21H27N3OS/c1-3-25-20-10-6-18(7-11-20)23-21(26)22-17-4-8-19(9-5-17)24-14-12-16(2)13-15-24/h4-11,16H,3,12-15H2,1-2H3,(H2,22,23,26). The predicted octanol–water partition coefficient (Wildman–Crippen LogP) is 5.13. The number of anilines is 3. The Morgan fingerprint density at radius 3 is 2.08 bits per heavy atom. The molecule has 4 nitrogen and oxygen atoms in total. The lowest BCUT2D eigenvalue weighted by molar-refractivity contribution is 0.340. The summed E-state index contributed by atoms with van der Waals surface area (Å²) in [5.41, 5.74) is 3.21. The Morgan fingerprint density at radius 2 is 1.54 bits per heavy atom. The number of hydrogen-bond acceptors (Lipinski definition) is 3. The molecule has 2 N–H and O–H groups in total. The second kappa shape index (κ2) is 8.90. The van der Waals surface area contributed by atoms with Gasteiger partial charge in [-0.2, -0.15) is 0 Å². The Bertz CT molecular complexity index is 707. The maximum absolute atomic E-state index is 5.45. The van der Waals surface area contributed by atoms with Crippen LogP contribution in [0.5, 0.6) is 5.75 Å². The van der Waals surface area contributed by atoms with Gasteiger partial charge in [0, 0.05) is 30.2 Å². The molecule has 1 heterocycles.